The average molecular weight is 495 g/mol. The Hall–Kier alpha value is -3.69. The van der Waals surface area contributed by atoms with Crippen molar-refractivity contribution < 1.29 is 14.1 Å². The molecule has 1 heterocycles. The first kappa shape index (κ1) is 23.5. The summed E-state index contributed by atoms with van der Waals surface area (Å²) in [6, 6.07) is 20.7. The minimum absolute atomic E-state index is 0.0418. The van der Waals surface area contributed by atoms with E-state index >= 15 is 0 Å². The Morgan fingerprint density at radius 2 is 1.71 bits per heavy atom. The summed E-state index contributed by atoms with van der Waals surface area (Å²) in [5.41, 5.74) is 3.27. The zero-order valence-electron chi connectivity index (χ0n) is 18.1. The minimum atomic E-state index is -0.480. The van der Waals surface area contributed by atoms with Crippen molar-refractivity contribution in [3.8, 4) is 11.5 Å². The van der Waals surface area contributed by atoms with Crippen LogP contribution < -0.4 is 4.90 Å². The number of non-ortho nitro benzene ring substituents is 1. The molecule has 172 valence electrons. The van der Waals surface area contributed by atoms with Crippen LogP contribution in [0.25, 0.3) is 11.5 Å². The number of hydrogen-bond donors (Lipinski definition) is 0. The van der Waals surface area contributed by atoms with Crippen LogP contribution in [0, 0.1) is 17.0 Å². The Kier molecular flexibility index (Phi) is 7.24. The zero-order valence-corrected chi connectivity index (χ0v) is 19.6. The number of thioether (sulfide) groups is 1. The van der Waals surface area contributed by atoms with Gasteiger partial charge in [-0.3, -0.25) is 14.9 Å². The summed E-state index contributed by atoms with van der Waals surface area (Å²) in [4.78, 5) is 25.3. The lowest BCUT2D eigenvalue weighted by molar-refractivity contribution is -0.384. The Morgan fingerprint density at radius 3 is 2.35 bits per heavy atom. The number of aromatic nitrogens is 2. The van der Waals surface area contributed by atoms with Gasteiger partial charge in [0.25, 0.3) is 10.9 Å². The lowest BCUT2D eigenvalue weighted by Crippen LogP contribution is -2.31. The molecule has 10 heteroatoms. The number of carbonyl (C=O) groups is 1. The number of anilines is 1. The van der Waals surface area contributed by atoms with Crippen molar-refractivity contribution in [1.29, 1.82) is 0 Å². The van der Waals surface area contributed by atoms with Crippen LogP contribution in [0.3, 0.4) is 0 Å². The standard InChI is InChI=1S/C24H19ClN4O4S/c1-16-2-6-18(7-3-16)23-26-27-24(33-23)34-15-22(30)28(14-17-4-8-19(25)9-5-17)20-10-12-21(13-11-20)29(31)32/h2-13H,14-15H2,1H3. The van der Waals surface area contributed by atoms with E-state index in [1.807, 2.05) is 43.3 Å². The number of amides is 1. The normalized spacial score (nSPS) is 10.8. The van der Waals surface area contributed by atoms with E-state index in [0.717, 1.165) is 28.5 Å². The van der Waals surface area contributed by atoms with Crippen LogP contribution in [-0.4, -0.2) is 26.8 Å². The summed E-state index contributed by atoms with van der Waals surface area (Å²) < 4.78 is 5.70. The van der Waals surface area contributed by atoms with Crippen LogP contribution in [0.15, 0.2) is 82.4 Å². The van der Waals surface area contributed by atoms with Crippen LogP contribution in [0.2, 0.25) is 5.02 Å². The van der Waals surface area contributed by atoms with Crippen LogP contribution >= 0.6 is 23.4 Å². The van der Waals surface area contributed by atoms with Gasteiger partial charge in [0.1, 0.15) is 0 Å². The fraction of sp³-hybridized carbons (Fsp3) is 0.125. The lowest BCUT2D eigenvalue weighted by atomic mass is 10.1. The highest BCUT2D eigenvalue weighted by atomic mass is 35.5. The molecule has 0 aliphatic heterocycles. The van der Waals surface area contributed by atoms with E-state index in [-0.39, 0.29) is 29.1 Å². The molecule has 0 atom stereocenters. The van der Waals surface area contributed by atoms with Crippen molar-refractivity contribution in [2.75, 3.05) is 10.7 Å². The van der Waals surface area contributed by atoms with Crippen molar-refractivity contribution in [2.24, 2.45) is 0 Å². The third kappa shape index (κ3) is 5.81. The average Bonchev–Trinajstić information content (AvgIpc) is 3.32. The van der Waals surface area contributed by atoms with Crippen LogP contribution in [0.5, 0.6) is 0 Å². The maximum Gasteiger partial charge on any atom is 0.277 e. The molecule has 0 saturated heterocycles. The van der Waals surface area contributed by atoms with E-state index in [9.17, 15) is 14.9 Å². The smallest absolute Gasteiger partial charge is 0.277 e. The van der Waals surface area contributed by atoms with Crippen molar-refractivity contribution in [3.63, 3.8) is 0 Å². The molecule has 4 rings (SSSR count). The number of halogens is 1. The molecule has 0 radical (unpaired) electrons. The second kappa shape index (κ2) is 10.5. The molecule has 0 aliphatic rings. The topological polar surface area (TPSA) is 102 Å². The molecular formula is C24H19ClN4O4S. The van der Waals surface area contributed by atoms with Gasteiger partial charge in [0.2, 0.25) is 11.8 Å². The van der Waals surface area contributed by atoms with Gasteiger partial charge in [-0.15, -0.1) is 10.2 Å². The molecular weight excluding hydrogens is 476 g/mol. The molecule has 0 N–H and O–H groups in total. The fourth-order valence-electron chi connectivity index (χ4n) is 3.13. The molecule has 0 bridgehead atoms. The van der Waals surface area contributed by atoms with Gasteiger partial charge >= 0.3 is 0 Å². The highest BCUT2D eigenvalue weighted by Crippen LogP contribution is 2.26. The summed E-state index contributed by atoms with van der Waals surface area (Å²) in [6.45, 7) is 2.26. The highest BCUT2D eigenvalue weighted by molar-refractivity contribution is 7.99. The number of rotatable bonds is 8. The number of nitro benzene ring substituents is 1. The first-order valence-corrected chi connectivity index (χ1v) is 11.6. The number of aryl methyl sites for hydroxylation is 1. The predicted molar refractivity (Wildman–Crippen MR) is 131 cm³/mol. The summed E-state index contributed by atoms with van der Waals surface area (Å²) in [5.74, 6) is 0.201. The number of nitro groups is 1. The summed E-state index contributed by atoms with van der Waals surface area (Å²) in [5, 5.41) is 20.0. The maximum atomic E-state index is 13.2. The molecule has 34 heavy (non-hydrogen) atoms. The fourth-order valence-corrected chi connectivity index (χ4v) is 3.90. The third-order valence-electron chi connectivity index (χ3n) is 4.95. The maximum absolute atomic E-state index is 13.2. The molecule has 0 saturated carbocycles. The molecule has 8 nitrogen and oxygen atoms in total. The first-order chi connectivity index (χ1) is 16.4. The molecule has 1 amide bonds. The van der Waals surface area contributed by atoms with Crippen LogP contribution in [0.1, 0.15) is 11.1 Å². The monoisotopic (exact) mass is 494 g/mol. The second-order valence-electron chi connectivity index (χ2n) is 7.41. The van der Waals surface area contributed by atoms with E-state index in [1.54, 1.807) is 29.2 Å². The van der Waals surface area contributed by atoms with Gasteiger partial charge in [-0.25, -0.2) is 0 Å². The number of carbonyl (C=O) groups excluding carboxylic acids is 1. The van der Waals surface area contributed by atoms with E-state index in [2.05, 4.69) is 10.2 Å². The summed E-state index contributed by atoms with van der Waals surface area (Å²) in [6.07, 6.45) is 0. The molecule has 3 aromatic carbocycles. The van der Waals surface area contributed by atoms with Gasteiger partial charge in [0, 0.05) is 28.4 Å². The summed E-state index contributed by atoms with van der Waals surface area (Å²) >= 11 is 7.11. The summed E-state index contributed by atoms with van der Waals surface area (Å²) in [7, 11) is 0. The van der Waals surface area contributed by atoms with Gasteiger partial charge < -0.3 is 9.32 Å². The first-order valence-electron chi connectivity index (χ1n) is 10.2. The molecule has 4 aromatic rings. The number of hydrogen-bond acceptors (Lipinski definition) is 7. The second-order valence-corrected chi connectivity index (χ2v) is 8.77. The van der Waals surface area contributed by atoms with Gasteiger partial charge in [0.15, 0.2) is 0 Å². The van der Waals surface area contributed by atoms with E-state index in [0.29, 0.717) is 16.6 Å². The lowest BCUT2D eigenvalue weighted by Gasteiger charge is -2.22. The molecule has 0 unspecified atom stereocenters. The van der Waals surface area contributed by atoms with Crippen molar-refractivity contribution >= 4 is 40.6 Å². The zero-order chi connectivity index (χ0) is 24.1. The van der Waals surface area contributed by atoms with E-state index < -0.39 is 4.92 Å². The molecule has 0 spiro atoms. The van der Waals surface area contributed by atoms with Crippen LogP contribution in [0.4, 0.5) is 11.4 Å². The predicted octanol–water partition coefficient (Wildman–Crippen LogP) is 5.93. The van der Waals surface area contributed by atoms with Crippen LogP contribution in [-0.2, 0) is 11.3 Å². The van der Waals surface area contributed by atoms with Crippen molar-refractivity contribution in [2.45, 2.75) is 18.7 Å². The van der Waals surface area contributed by atoms with Crippen molar-refractivity contribution in [1.82, 2.24) is 10.2 Å². The molecule has 1 aromatic heterocycles. The largest absolute Gasteiger partial charge is 0.411 e. The van der Waals surface area contributed by atoms with E-state index in [4.69, 9.17) is 16.0 Å². The Bertz CT molecular complexity index is 1290. The van der Waals surface area contributed by atoms with Gasteiger partial charge in [-0.2, -0.15) is 0 Å². The van der Waals surface area contributed by atoms with Crippen molar-refractivity contribution in [3.05, 3.63) is 99.1 Å². The number of nitrogens with zero attached hydrogens (tertiary/aromatic N) is 4. The SMILES string of the molecule is Cc1ccc(-c2nnc(SCC(=O)N(Cc3ccc(Cl)cc3)c3ccc([N+](=O)[O-])cc3)o2)cc1. The Balaban J connectivity index is 1.50. The Morgan fingerprint density at radius 1 is 1.03 bits per heavy atom. The molecule has 0 aliphatic carbocycles. The van der Waals surface area contributed by atoms with Gasteiger partial charge in [-0.05, 0) is 48.9 Å². The molecule has 0 fully saturated rings. The van der Waals surface area contributed by atoms with Gasteiger partial charge in [0.05, 0.1) is 17.2 Å². The minimum Gasteiger partial charge on any atom is -0.411 e. The highest BCUT2D eigenvalue weighted by Gasteiger charge is 2.20. The van der Waals surface area contributed by atoms with Gasteiger partial charge in [-0.1, -0.05) is 53.2 Å². The quantitative estimate of drug-likeness (QED) is 0.170. The van der Waals surface area contributed by atoms with E-state index in [1.165, 1.54) is 12.1 Å². The number of benzene rings is 3. The third-order valence-corrected chi connectivity index (χ3v) is 6.01. The Labute approximate surface area is 204 Å².